The first-order valence-corrected chi connectivity index (χ1v) is 14.5. The molecule has 0 aliphatic heterocycles. The monoisotopic (exact) mass is 667 g/mol. The Balaban J connectivity index is 0.00000302. The lowest BCUT2D eigenvalue weighted by molar-refractivity contribution is 0.582. The van der Waals surface area contributed by atoms with Gasteiger partial charge in [0.1, 0.15) is 5.52 Å². The molecule has 0 amide bonds. The smallest absolute Gasteiger partial charge is 0.248 e. The molecule has 7 aromatic rings. The number of hydrogen-bond acceptors (Lipinski definition) is 5. The van der Waals surface area contributed by atoms with Crippen LogP contribution in [-0.4, -0.2) is 15.2 Å². The molecule has 0 bridgehead atoms. The van der Waals surface area contributed by atoms with E-state index in [-0.39, 0.29) is 12.8 Å². The predicted octanol–water partition coefficient (Wildman–Crippen LogP) is 11.0. The molecule has 7 heteroatoms. The van der Waals surface area contributed by atoms with Gasteiger partial charge in [0, 0.05) is 36.4 Å². The highest BCUT2D eigenvalue weighted by Crippen LogP contribution is 2.39. The predicted molar refractivity (Wildman–Crippen MR) is 174 cm³/mol. The summed E-state index contributed by atoms with van der Waals surface area (Å²) in [6.07, 6.45) is 0. The van der Waals surface area contributed by atoms with Gasteiger partial charge in [-0.1, -0.05) is 84.3 Å². The average molecular weight is 669 g/mol. The van der Waals surface area contributed by atoms with Crippen LogP contribution in [0.3, 0.4) is 0 Å². The summed E-state index contributed by atoms with van der Waals surface area (Å²) < 4.78 is 14.4. The fourth-order valence-electron chi connectivity index (χ4n) is 5.02. The molecule has 5 nitrogen and oxygen atoms in total. The van der Waals surface area contributed by atoms with Gasteiger partial charge in [0.25, 0.3) is 0 Å². The molecule has 7 rings (SSSR count). The molecule has 5 aromatic carbocycles. The van der Waals surface area contributed by atoms with E-state index in [0.29, 0.717) is 17.7 Å². The first-order chi connectivity index (χ1) is 19.2. The van der Waals surface area contributed by atoms with Crippen LogP contribution in [0.1, 0.15) is 33.8 Å². The van der Waals surface area contributed by atoms with E-state index in [1.165, 1.54) is 5.56 Å². The first kappa shape index (κ1) is 27.4. The van der Waals surface area contributed by atoms with Crippen molar-refractivity contribution in [2.45, 2.75) is 33.6 Å². The fourth-order valence-corrected chi connectivity index (χ4v) is 5.74. The van der Waals surface area contributed by atoms with Crippen molar-refractivity contribution in [1.29, 1.82) is 0 Å². The van der Waals surface area contributed by atoms with Gasteiger partial charge >= 0.3 is 0 Å². The van der Waals surface area contributed by atoms with Crippen molar-refractivity contribution < 1.29 is 8.83 Å². The third-order valence-corrected chi connectivity index (χ3v) is 8.17. The van der Waals surface area contributed by atoms with Crippen LogP contribution in [-0.2, 0) is 5.41 Å². The van der Waals surface area contributed by atoms with Gasteiger partial charge in [0.15, 0.2) is 5.58 Å². The van der Waals surface area contributed by atoms with Gasteiger partial charge in [-0.2, -0.15) is 0 Å². The van der Waals surface area contributed by atoms with E-state index in [9.17, 15) is 0 Å². The van der Waals surface area contributed by atoms with E-state index in [4.69, 9.17) is 13.8 Å². The Bertz CT molecular complexity index is 1970. The largest absolute Gasteiger partial charge is 0.435 e. The summed E-state index contributed by atoms with van der Waals surface area (Å²) in [6.45, 7) is 6.58. The first-order valence-electron chi connectivity index (χ1n) is 12.9. The summed E-state index contributed by atoms with van der Waals surface area (Å²) in [5.74, 6) is 1.51. The average Bonchev–Trinajstić information content (AvgIpc) is 3.62. The highest BCUT2D eigenvalue weighted by molar-refractivity contribution is 9.10. The van der Waals surface area contributed by atoms with Crippen LogP contribution in [0, 0.1) is 0 Å². The molecule has 0 N–H and O–H groups in total. The Hall–Kier alpha value is -3.81. The number of oxazole rings is 1. The molecule has 0 radical (unpaired) electrons. The van der Waals surface area contributed by atoms with Crippen molar-refractivity contribution in [3.63, 3.8) is 0 Å². The molecule has 0 aliphatic carbocycles. The van der Waals surface area contributed by atoms with Crippen LogP contribution in [0.5, 0.6) is 0 Å². The summed E-state index contributed by atoms with van der Waals surface area (Å²) in [7, 11) is 0. The maximum absolute atomic E-state index is 6.41. The second-order valence-electron chi connectivity index (χ2n) is 10.9. The normalized spacial score (nSPS) is 11.8. The molecular weight excluding hydrogens is 642 g/mol. The number of halogens is 2. The third-order valence-electron chi connectivity index (χ3n) is 7.18. The summed E-state index contributed by atoms with van der Waals surface area (Å²) in [4.78, 5) is 4.95. The van der Waals surface area contributed by atoms with Crippen molar-refractivity contribution in [1.82, 2.24) is 15.2 Å². The summed E-state index contributed by atoms with van der Waals surface area (Å²) in [5, 5.41) is 12.9. The van der Waals surface area contributed by atoms with Gasteiger partial charge in [0.05, 0.1) is 0 Å². The minimum Gasteiger partial charge on any atom is -0.435 e. The van der Waals surface area contributed by atoms with Gasteiger partial charge < -0.3 is 8.83 Å². The molecule has 2 aromatic heterocycles. The molecule has 0 saturated heterocycles. The lowest BCUT2D eigenvalue weighted by Crippen LogP contribution is -2.10. The van der Waals surface area contributed by atoms with Gasteiger partial charge in [-0.15, -0.1) is 10.2 Å². The molecule has 41 heavy (non-hydrogen) atoms. The van der Waals surface area contributed by atoms with E-state index < -0.39 is 0 Å². The zero-order valence-corrected chi connectivity index (χ0v) is 25.2. The summed E-state index contributed by atoms with van der Waals surface area (Å²) >= 11 is 7.23. The Morgan fingerprint density at radius 2 is 1.05 bits per heavy atom. The van der Waals surface area contributed by atoms with Crippen LogP contribution in [0.25, 0.3) is 67.0 Å². The SMILES string of the molecule is C.CC(C)(C)c1ccc(-c2nnc(-c3ccc(-c4nc5c6cc(Br)ccc6c6ccc(Br)cc6c5o4)cc3)o2)cc1. The lowest BCUT2D eigenvalue weighted by Gasteiger charge is -2.18. The van der Waals surface area contributed by atoms with Gasteiger partial charge in [-0.05, 0) is 82.4 Å². The maximum atomic E-state index is 6.41. The standard InChI is InChI=1S/C33H23Br2N3O2.CH4/c1-33(2,3)21-10-8-20(9-11-21)32-38-37-31(40-32)19-6-4-18(5-7-19)30-36-28-26-16-22(34)12-14-24(26)25-15-13-23(35)17-27(25)29(28)39-30;/h4-17H,1-3H3;1H4. The van der Waals surface area contributed by atoms with Crippen molar-refractivity contribution in [3.05, 3.63) is 99.4 Å². The van der Waals surface area contributed by atoms with Crippen LogP contribution in [0.4, 0.5) is 0 Å². The lowest BCUT2D eigenvalue weighted by atomic mass is 9.87. The Morgan fingerprint density at radius 3 is 1.61 bits per heavy atom. The Kier molecular flexibility index (Phi) is 6.83. The van der Waals surface area contributed by atoms with E-state index in [2.05, 4.69) is 111 Å². The zero-order valence-electron chi connectivity index (χ0n) is 22.0. The number of hydrogen-bond donors (Lipinski definition) is 0. The highest BCUT2D eigenvalue weighted by atomic mass is 79.9. The number of rotatable bonds is 3. The number of nitrogens with zero attached hydrogens (tertiary/aromatic N) is 3. The van der Waals surface area contributed by atoms with Gasteiger partial charge in [-0.3, -0.25) is 0 Å². The molecule has 2 heterocycles. The topological polar surface area (TPSA) is 65.0 Å². The third kappa shape index (κ3) is 4.87. The number of benzene rings is 5. The van der Waals surface area contributed by atoms with Crippen LogP contribution >= 0.6 is 31.9 Å². The molecule has 0 unspecified atom stereocenters. The maximum Gasteiger partial charge on any atom is 0.248 e. The molecule has 204 valence electrons. The van der Waals surface area contributed by atoms with E-state index >= 15 is 0 Å². The van der Waals surface area contributed by atoms with Gasteiger partial charge in [0.2, 0.25) is 17.7 Å². The second-order valence-corrected chi connectivity index (χ2v) is 12.7. The fraction of sp³-hybridized carbons (Fsp3) is 0.147. The second kappa shape index (κ2) is 10.2. The number of fused-ring (bicyclic) bond motifs is 6. The van der Waals surface area contributed by atoms with Crippen molar-refractivity contribution in [2.24, 2.45) is 0 Å². The summed E-state index contributed by atoms with van der Waals surface area (Å²) in [5.41, 5.74) is 5.53. The minimum absolute atomic E-state index is 0. The van der Waals surface area contributed by atoms with Crippen LogP contribution < -0.4 is 0 Å². The molecule has 0 fully saturated rings. The molecule has 0 aliphatic rings. The van der Waals surface area contributed by atoms with Crippen molar-refractivity contribution in [3.8, 4) is 34.4 Å². The molecule has 0 spiro atoms. The Labute approximate surface area is 254 Å². The van der Waals surface area contributed by atoms with E-state index in [0.717, 1.165) is 58.3 Å². The van der Waals surface area contributed by atoms with Crippen molar-refractivity contribution in [2.75, 3.05) is 0 Å². The van der Waals surface area contributed by atoms with Crippen LogP contribution in [0.2, 0.25) is 0 Å². The zero-order chi connectivity index (χ0) is 27.6. The number of aromatic nitrogens is 3. The van der Waals surface area contributed by atoms with E-state index in [1.807, 2.05) is 36.4 Å². The molecule has 0 atom stereocenters. The van der Waals surface area contributed by atoms with Crippen LogP contribution in [0.15, 0.2) is 103 Å². The minimum atomic E-state index is 0. The molecular formula is C34H27Br2N3O2. The van der Waals surface area contributed by atoms with Crippen molar-refractivity contribution >= 4 is 64.5 Å². The van der Waals surface area contributed by atoms with E-state index in [1.54, 1.807) is 0 Å². The Morgan fingerprint density at radius 1 is 0.561 bits per heavy atom. The highest BCUT2D eigenvalue weighted by Gasteiger charge is 2.18. The summed E-state index contributed by atoms with van der Waals surface area (Å²) in [6, 6.07) is 28.6. The quantitative estimate of drug-likeness (QED) is 0.175. The van der Waals surface area contributed by atoms with Gasteiger partial charge in [-0.25, -0.2) is 4.98 Å². The molecule has 0 saturated carbocycles.